The molecule has 1 heterocycles. The Morgan fingerprint density at radius 3 is 2.36 bits per heavy atom. The van der Waals surface area contributed by atoms with E-state index in [0.717, 1.165) is 16.7 Å². The Kier molecular flexibility index (Phi) is 4.67. The van der Waals surface area contributed by atoms with Gasteiger partial charge in [0.1, 0.15) is 11.4 Å². The first-order valence-electron chi connectivity index (χ1n) is 8.05. The topological polar surface area (TPSA) is 75.4 Å². The van der Waals surface area contributed by atoms with Gasteiger partial charge in [-0.1, -0.05) is 59.8 Å². The quantitative estimate of drug-likeness (QED) is 0.750. The maximum Gasteiger partial charge on any atom is 0.273 e. The summed E-state index contributed by atoms with van der Waals surface area (Å²) in [6.45, 7) is 3.45. The highest BCUT2D eigenvalue weighted by Gasteiger charge is 2.24. The average Bonchev–Trinajstić information content (AvgIpc) is 3.07. The van der Waals surface area contributed by atoms with Crippen LogP contribution in [0.1, 0.15) is 28.7 Å². The first kappa shape index (κ1) is 16.9. The van der Waals surface area contributed by atoms with Crippen molar-refractivity contribution in [1.29, 1.82) is 0 Å². The van der Waals surface area contributed by atoms with E-state index in [1.165, 1.54) is 0 Å². The Hall–Kier alpha value is -2.92. The summed E-state index contributed by atoms with van der Waals surface area (Å²) in [5.74, 6) is 0.187. The van der Waals surface area contributed by atoms with E-state index in [9.17, 15) is 9.90 Å². The summed E-state index contributed by atoms with van der Waals surface area (Å²) >= 11 is 0. The van der Waals surface area contributed by atoms with Gasteiger partial charge in [0.25, 0.3) is 5.91 Å². The first-order chi connectivity index (χ1) is 12.0. The fourth-order valence-corrected chi connectivity index (χ4v) is 2.57. The highest BCUT2D eigenvalue weighted by molar-refractivity contribution is 5.92. The molecule has 1 atom stereocenters. The maximum absolute atomic E-state index is 12.0. The lowest BCUT2D eigenvalue weighted by atomic mass is 9.93. The average molecular weight is 336 g/mol. The van der Waals surface area contributed by atoms with Crippen molar-refractivity contribution in [2.24, 2.45) is 0 Å². The Morgan fingerprint density at radius 2 is 1.76 bits per heavy atom. The second-order valence-electron chi connectivity index (χ2n) is 6.22. The van der Waals surface area contributed by atoms with Gasteiger partial charge in [0.05, 0.1) is 6.54 Å². The van der Waals surface area contributed by atoms with Gasteiger partial charge in [0.15, 0.2) is 5.69 Å². The van der Waals surface area contributed by atoms with Gasteiger partial charge < -0.3 is 14.9 Å². The van der Waals surface area contributed by atoms with E-state index in [1.54, 1.807) is 19.9 Å². The maximum atomic E-state index is 12.0. The molecule has 3 aromatic rings. The second kappa shape index (κ2) is 6.91. The molecule has 0 aliphatic rings. The van der Waals surface area contributed by atoms with E-state index in [2.05, 4.69) is 10.5 Å². The van der Waals surface area contributed by atoms with Crippen LogP contribution in [0.25, 0.3) is 11.1 Å². The lowest BCUT2D eigenvalue weighted by Gasteiger charge is -2.24. The van der Waals surface area contributed by atoms with Gasteiger partial charge in [-0.15, -0.1) is 0 Å². The zero-order chi connectivity index (χ0) is 17.9. The third-order valence-corrected chi connectivity index (χ3v) is 4.07. The molecule has 25 heavy (non-hydrogen) atoms. The SMILES string of the molecule is Cc1cc(C(=O)NC[C@](C)(O)c2ccc(-c3ccccc3)cc2)no1. The molecule has 5 nitrogen and oxygen atoms in total. The molecule has 0 bridgehead atoms. The van der Waals surface area contributed by atoms with Crippen molar-refractivity contribution in [3.05, 3.63) is 77.7 Å². The first-order valence-corrected chi connectivity index (χ1v) is 8.05. The van der Waals surface area contributed by atoms with Gasteiger partial charge in [0.2, 0.25) is 0 Å². The van der Waals surface area contributed by atoms with Gasteiger partial charge in [-0.25, -0.2) is 0 Å². The Labute approximate surface area is 146 Å². The highest BCUT2D eigenvalue weighted by atomic mass is 16.5. The molecule has 128 valence electrons. The zero-order valence-electron chi connectivity index (χ0n) is 14.2. The van der Waals surface area contributed by atoms with E-state index < -0.39 is 5.60 Å². The smallest absolute Gasteiger partial charge is 0.273 e. The van der Waals surface area contributed by atoms with E-state index in [4.69, 9.17) is 4.52 Å². The van der Waals surface area contributed by atoms with Crippen molar-refractivity contribution in [2.75, 3.05) is 6.54 Å². The monoisotopic (exact) mass is 336 g/mol. The van der Waals surface area contributed by atoms with E-state index in [1.807, 2.05) is 54.6 Å². The second-order valence-corrected chi connectivity index (χ2v) is 6.22. The molecule has 0 saturated heterocycles. The largest absolute Gasteiger partial charge is 0.384 e. The number of nitrogens with one attached hydrogen (secondary N) is 1. The van der Waals surface area contributed by atoms with Crippen LogP contribution >= 0.6 is 0 Å². The Bertz CT molecular complexity index is 852. The highest BCUT2D eigenvalue weighted by Crippen LogP contribution is 2.24. The van der Waals surface area contributed by atoms with E-state index in [0.29, 0.717) is 5.76 Å². The number of hydrogen-bond acceptors (Lipinski definition) is 4. The minimum Gasteiger partial charge on any atom is -0.384 e. The number of nitrogens with zero attached hydrogens (tertiary/aromatic N) is 1. The molecular weight excluding hydrogens is 316 g/mol. The number of carbonyl (C=O) groups excluding carboxylic acids is 1. The zero-order valence-corrected chi connectivity index (χ0v) is 14.2. The number of aromatic nitrogens is 1. The van der Waals surface area contributed by atoms with Crippen LogP contribution < -0.4 is 5.32 Å². The van der Waals surface area contributed by atoms with Crippen LogP contribution in [0.2, 0.25) is 0 Å². The normalized spacial score (nSPS) is 13.2. The molecule has 1 amide bonds. The molecule has 3 rings (SSSR count). The molecule has 0 aliphatic heterocycles. The summed E-state index contributed by atoms with van der Waals surface area (Å²) in [7, 11) is 0. The summed E-state index contributed by atoms with van der Waals surface area (Å²) in [5, 5.41) is 17.0. The Morgan fingerprint density at radius 1 is 1.12 bits per heavy atom. The molecule has 1 aromatic heterocycles. The van der Waals surface area contributed by atoms with E-state index >= 15 is 0 Å². The van der Waals surface area contributed by atoms with Crippen molar-refractivity contribution in [3.63, 3.8) is 0 Å². The summed E-state index contributed by atoms with van der Waals surface area (Å²) in [6, 6.07) is 19.2. The van der Waals surface area contributed by atoms with Crippen molar-refractivity contribution in [1.82, 2.24) is 10.5 Å². The number of aryl methyl sites for hydroxylation is 1. The van der Waals surface area contributed by atoms with Crippen LogP contribution in [0.4, 0.5) is 0 Å². The van der Waals surface area contributed by atoms with Crippen molar-refractivity contribution in [2.45, 2.75) is 19.4 Å². The summed E-state index contributed by atoms with van der Waals surface area (Å²) in [4.78, 5) is 12.0. The molecule has 2 aromatic carbocycles. The summed E-state index contributed by atoms with van der Waals surface area (Å²) in [5.41, 5.74) is 1.92. The molecule has 0 unspecified atom stereocenters. The van der Waals surface area contributed by atoms with Crippen LogP contribution in [-0.4, -0.2) is 22.7 Å². The number of carbonyl (C=O) groups is 1. The van der Waals surface area contributed by atoms with Crippen LogP contribution in [0, 0.1) is 6.92 Å². The van der Waals surface area contributed by atoms with Gasteiger partial charge in [-0.2, -0.15) is 0 Å². The summed E-state index contributed by atoms with van der Waals surface area (Å²) < 4.78 is 4.88. The third-order valence-electron chi connectivity index (χ3n) is 4.07. The third kappa shape index (κ3) is 3.95. The minimum absolute atomic E-state index is 0.0718. The van der Waals surface area contributed by atoms with Gasteiger partial charge in [-0.3, -0.25) is 4.79 Å². The summed E-state index contributed by atoms with van der Waals surface area (Å²) in [6.07, 6.45) is 0. The van der Waals surface area contributed by atoms with Gasteiger partial charge in [0, 0.05) is 6.07 Å². The van der Waals surface area contributed by atoms with Crippen LogP contribution in [0.15, 0.2) is 65.2 Å². The molecule has 5 heteroatoms. The predicted octanol–water partition coefficient (Wildman–Crippen LogP) is 3.29. The van der Waals surface area contributed by atoms with Crippen LogP contribution in [0.5, 0.6) is 0 Å². The molecule has 0 fully saturated rings. The number of rotatable bonds is 5. The molecule has 0 saturated carbocycles. The lowest BCUT2D eigenvalue weighted by molar-refractivity contribution is 0.0524. The number of hydrogen-bond donors (Lipinski definition) is 2. The molecule has 0 aliphatic carbocycles. The number of amides is 1. The fourth-order valence-electron chi connectivity index (χ4n) is 2.57. The van der Waals surface area contributed by atoms with Crippen LogP contribution in [-0.2, 0) is 5.60 Å². The van der Waals surface area contributed by atoms with E-state index in [-0.39, 0.29) is 18.1 Å². The van der Waals surface area contributed by atoms with Crippen molar-refractivity contribution >= 4 is 5.91 Å². The molecule has 0 radical (unpaired) electrons. The molecular formula is C20H20N2O3. The predicted molar refractivity (Wildman–Crippen MR) is 95.0 cm³/mol. The molecule has 2 N–H and O–H groups in total. The standard InChI is InChI=1S/C20H20N2O3/c1-14-12-18(22-25-14)19(23)21-13-20(2,24)17-10-8-16(9-11-17)15-6-4-3-5-7-15/h3-12,24H,13H2,1-2H3,(H,21,23)/t20-/m0/s1. The van der Waals surface area contributed by atoms with Gasteiger partial charge in [-0.05, 0) is 30.5 Å². The lowest BCUT2D eigenvalue weighted by Crippen LogP contribution is -2.38. The fraction of sp³-hybridized carbons (Fsp3) is 0.200. The van der Waals surface area contributed by atoms with Crippen molar-refractivity contribution < 1.29 is 14.4 Å². The van der Waals surface area contributed by atoms with Crippen LogP contribution in [0.3, 0.4) is 0 Å². The minimum atomic E-state index is -1.19. The number of aliphatic hydroxyl groups is 1. The van der Waals surface area contributed by atoms with Gasteiger partial charge >= 0.3 is 0 Å². The van der Waals surface area contributed by atoms with Crippen molar-refractivity contribution in [3.8, 4) is 11.1 Å². The number of benzene rings is 2. The molecule has 0 spiro atoms. The Balaban J connectivity index is 1.68.